The third-order valence-electron chi connectivity index (χ3n) is 4.67. The van der Waals surface area contributed by atoms with Crippen molar-refractivity contribution in [1.82, 2.24) is 0 Å². The van der Waals surface area contributed by atoms with Crippen LogP contribution in [-0.4, -0.2) is 28.0 Å². The van der Waals surface area contributed by atoms with Gasteiger partial charge in [0.25, 0.3) is 10.0 Å². The van der Waals surface area contributed by atoms with Crippen LogP contribution in [0.1, 0.15) is 24.0 Å². The topological polar surface area (TPSA) is 75.7 Å². The number of rotatable bonds is 5. The van der Waals surface area contributed by atoms with Crippen molar-refractivity contribution in [1.29, 1.82) is 0 Å². The lowest BCUT2D eigenvalue weighted by Crippen LogP contribution is -2.25. The van der Waals surface area contributed by atoms with Gasteiger partial charge in [-0.1, -0.05) is 12.1 Å². The summed E-state index contributed by atoms with van der Waals surface area (Å²) in [6.45, 7) is 4.36. The molecule has 7 heteroatoms. The highest BCUT2D eigenvalue weighted by atomic mass is 32.2. The summed E-state index contributed by atoms with van der Waals surface area (Å²) in [5, 5.41) is 0. The number of nitrogens with zero attached hydrogens (tertiary/aromatic N) is 1. The zero-order chi connectivity index (χ0) is 18.9. The molecule has 0 atom stereocenters. The van der Waals surface area contributed by atoms with Crippen LogP contribution in [0.25, 0.3) is 0 Å². The van der Waals surface area contributed by atoms with E-state index >= 15 is 0 Å². The van der Waals surface area contributed by atoms with E-state index < -0.39 is 10.0 Å². The minimum Gasteiger partial charge on any atom is -0.495 e. The predicted molar refractivity (Wildman–Crippen MR) is 101 cm³/mol. The fourth-order valence-electron chi connectivity index (χ4n) is 3.02. The number of carbonyl (C=O) groups excluding carboxylic acids is 1. The van der Waals surface area contributed by atoms with Gasteiger partial charge in [0.05, 0.1) is 23.4 Å². The van der Waals surface area contributed by atoms with Gasteiger partial charge < -0.3 is 9.64 Å². The Morgan fingerprint density at radius 1 is 1.15 bits per heavy atom. The normalized spacial score (nSPS) is 14.6. The molecule has 1 saturated heterocycles. The molecule has 2 aromatic carbocycles. The molecule has 0 spiro atoms. The van der Waals surface area contributed by atoms with Crippen molar-refractivity contribution in [3.63, 3.8) is 0 Å². The molecule has 0 bridgehead atoms. The van der Waals surface area contributed by atoms with Crippen LogP contribution in [0.2, 0.25) is 0 Å². The number of ether oxygens (including phenoxy) is 1. The number of aryl methyl sites for hydroxylation is 1. The van der Waals surface area contributed by atoms with E-state index in [2.05, 4.69) is 4.72 Å². The van der Waals surface area contributed by atoms with Crippen molar-refractivity contribution in [3.05, 3.63) is 47.5 Å². The second-order valence-electron chi connectivity index (χ2n) is 6.34. The summed E-state index contributed by atoms with van der Waals surface area (Å²) in [4.78, 5) is 13.8. The third-order valence-corrected chi connectivity index (χ3v) is 6.04. The zero-order valence-electron chi connectivity index (χ0n) is 15.1. The van der Waals surface area contributed by atoms with Crippen molar-refractivity contribution in [2.75, 3.05) is 23.3 Å². The van der Waals surface area contributed by atoms with Gasteiger partial charge in [-0.25, -0.2) is 8.42 Å². The number of nitrogens with one attached hydrogen (secondary N) is 1. The molecule has 3 rings (SSSR count). The third kappa shape index (κ3) is 3.39. The van der Waals surface area contributed by atoms with Crippen LogP contribution in [0, 0.1) is 13.8 Å². The van der Waals surface area contributed by atoms with Crippen molar-refractivity contribution in [3.8, 4) is 5.75 Å². The van der Waals surface area contributed by atoms with Gasteiger partial charge in [0.1, 0.15) is 5.75 Å². The number of amides is 1. The monoisotopic (exact) mass is 374 g/mol. The van der Waals surface area contributed by atoms with Gasteiger partial charge in [-0.05, 0) is 55.7 Å². The molecule has 0 aromatic heterocycles. The van der Waals surface area contributed by atoms with Crippen LogP contribution >= 0.6 is 0 Å². The molecule has 1 N–H and O–H groups in total. The predicted octanol–water partition coefficient (Wildman–Crippen LogP) is 3.24. The summed E-state index contributed by atoms with van der Waals surface area (Å²) in [5.41, 5.74) is 2.90. The highest BCUT2D eigenvalue weighted by Crippen LogP contribution is 2.34. The second-order valence-corrected chi connectivity index (χ2v) is 8.02. The molecule has 1 fully saturated rings. The second kappa shape index (κ2) is 6.99. The molecule has 0 radical (unpaired) electrons. The van der Waals surface area contributed by atoms with Crippen LogP contribution in [0.4, 0.5) is 11.4 Å². The molecule has 1 aliphatic heterocycles. The standard InChI is InChI=1S/C19H22N2O4S/c1-13-6-4-7-16(14(13)2)20-26(23,24)15-9-10-18(25-3)17(12-15)21-11-5-8-19(21)22/h4,6-7,9-10,12,20H,5,8,11H2,1-3H3. The summed E-state index contributed by atoms with van der Waals surface area (Å²) in [5.74, 6) is 0.450. The number of benzene rings is 2. The summed E-state index contributed by atoms with van der Waals surface area (Å²) < 4.78 is 33.7. The highest BCUT2D eigenvalue weighted by molar-refractivity contribution is 7.92. The number of anilines is 2. The Labute approximate surface area is 153 Å². The molecule has 1 aliphatic rings. The van der Waals surface area contributed by atoms with Crippen molar-refractivity contribution < 1.29 is 17.9 Å². The molecule has 0 aliphatic carbocycles. The van der Waals surface area contributed by atoms with Crippen molar-refractivity contribution >= 4 is 27.3 Å². The number of hydrogen-bond donors (Lipinski definition) is 1. The maximum atomic E-state index is 12.9. The maximum absolute atomic E-state index is 12.9. The van der Waals surface area contributed by atoms with E-state index in [-0.39, 0.29) is 10.8 Å². The lowest BCUT2D eigenvalue weighted by atomic mass is 10.1. The first-order valence-electron chi connectivity index (χ1n) is 8.41. The van der Waals surface area contributed by atoms with Gasteiger partial charge in [-0.15, -0.1) is 0 Å². The van der Waals surface area contributed by atoms with E-state index in [4.69, 9.17) is 4.74 Å². The van der Waals surface area contributed by atoms with E-state index in [1.807, 2.05) is 26.0 Å². The Morgan fingerprint density at radius 3 is 2.58 bits per heavy atom. The van der Waals surface area contributed by atoms with Crippen LogP contribution in [0.15, 0.2) is 41.3 Å². The van der Waals surface area contributed by atoms with Crippen molar-refractivity contribution in [2.45, 2.75) is 31.6 Å². The van der Waals surface area contributed by atoms with E-state index in [9.17, 15) is 13.2 Å². The Kier molecular flexibility index (Phi) is 4.91. The average Bonchev–Trinajstić information content (AvgIpc) is 3.04. The van der Waals surface area contributed by atoms with Gasteiger partial charge in [0.15, 0.2) is 0 Å². The summed E-state index contributed by atoms with van der Waals surface area (Å²) >= 11 is 0. The van der Waals surface area contributed by atoms with Crippen LogP contribution in [0.3, 0.4) is 0 Å². The number of methoxy groups -OCH3 is 1. The minimum atomic E-state index is -3.79. The van der Waals surface area contributed by atoms with Gasteiger partial charge >= 0.3 is 0 Å². The number of sulfonamides is 1. The molecule has 26 heavy (non-hydrogen) atoms. The lowest BCUT2D eigenvalue weighted by Gasteiger charge is -2.20. The lowest BCUT2D eigenvalue weighted by molar-refractivity contribution is -0.117. The maximum Gasteiger partial charge on any atom is 0.261 e. The molecule has 0 unspecified atom stereocenters. The molecule has 1 heterocycles. The molecular weight excluding hydrogens is 352 g/mol. The van der Waals surface area contributed by atoms with Crippen LogP contribution in [0.5, 0.6) is 5.75 Å². The first-order valence-corrected chi connectivity index (χ1v) is 9.89. The van der Waals surface area contributed by atoms with Crippen LogP contribution in [-0.2, 0) is 14.8 Å². The summed E-state index contributed by atoms with van der Waals surface area (Å²) in [6.07, 6.45) is 1.21. The zero-order valence-corrected chi connectivity index (χ0v) is 15.9. The van der Waals surface area contributed by atoms with E-state index in [1.165, 1.54) is 19.2 Å². The van der Waals surface area contributed by atoms with Gasteiger partial charge in [-0.3, -0.25) is 9.52 Å². The molecule has 0 saturated carbocycles. The molecule has 138 valence electrons. The summed E-state index contributed by atoms with van der Waals surface area (Å²) in [6, 6.07) is 10.0. The molecule has 2 aromatic rings. The fraction of sp³-hybridized carbons (Fsp3) is 0.316. The molecular formula is C19H22N2O4S. The van der Waals surface area contributed by atoms with Gasteiger partial charge in [0, 0.05) is 13.0 Å². The first kappa shape index (κ1) is 18.3. The van der Waals surface area contributed by atoms with E-state index in [0.717, 1.165) is 17.5 Å². The Morgan fingerprint density at radius 2 is 1.92 bits per heavy atom. The Hall–Kier alpha value is -2.54. The molecule has 6 nitrogen and oxygen atoms in total. The Bertz CT molecular complexity index is 954. The van der Waals surface area contributed by atoms with Gasteiger partial charge in [0.2, 0.25) is 5.91 Å². The largest absolute Gasteiger partial charge is 0.495 e. The number of hydrogen-bond acceptors (Lipinski definition) is 4. The highest BCUT2D eigenvalue weighted by Gasteiger charge is 2.26. The fourth-order valence-corrected chi connectivity index (χ4v) is 4.16. The van der Waals surface area contributed by atoms with Crippen LogP contribution < -0.4 is 14.4 Å². The summed E-state index contributed by atoms with van der Waals surface area (Å²) in [7, 11) is -2.29. The SMILES string of the molecule is COc1ccc(S(=O)(=O)Nc2cccc(C)c2C)cc1N1CCCC1=O. The smallest absolute Gasteiger partial charge is 0.261 e. The number of carbonyl (C=O) groups is 1. The average molecular weight is 374 g/mol. The van der Waals surface area contributed by atoms with E-state index in [1.54, 1.807) is 17.0 Å². The first-order chi connectivity index (χ1) is 12.3. The van der Waals surface area contributed by atoms with E-state index in [0.29, 0.717) is 30.1 Å². The Balaban J connectivity index is 2.00. The minimum absolute atomic E-state index is 0.0275. The van der Waals surface area contributed by atoms with Crippen molar-refractivity contribution in [2.24, 2.45) is 0 Å². The molecule has 1 amide bonds. The van der Waals surface area contributed by atoms with Gasteiger partial charge in [-0.2, -0.15) is 0 Å². The quantitative estimate of drug-likeness (QED) is 0.872.